The van der Waals surface area contributed by atoms with E-state index in [1.165, 1.54) is 50.2 Å². The Labute approximate surface area is 181 Å². The van der Waals surface area contributed by atoms with Crippen LogP contribution < -0.4 is 10.6 Å². The number of nitrogens with one attached hydrogen (secondary N) is 2. The summed E-state index contributed by atoms with van der Waals surface area (Å²) in [4.78, 5) is 6.93. The van der Waals surface area contributed by atoms with Crippen LogP contribution in [0.1, 0.15) is 24.8 Å². The first kappa shape index (κ1) is 23.6. The Bertz CT molecular complexity index is 498. The summed E-state index contributed by atoms with van der Waals surface area (Å²) in [6.07, 6.45) is 7.08. The van der Waals surface area contributed by atoms with Crippen molar-refractivity contribution in [3.63, 3.8) is 0 Å². The maximum atomic E-state index is 4.34. The van der Waals surface area contributed by atoms with E-state index in [9.17, 15) is 0 Å². The maximum absolute atomic E-state index is 4.34. The van der Waals surface area contributed by atoms with Gasteiger partial charge in [-0.25, -0.2) is 0 Å². The van der Waals surface area contributed by atoms with Crippen LogP contribution in [0.25, 0.3) is 0 Å². The second-order valence-corrected chi connectivity index (χ2v) is 7.76. The summed E-state index contributed by atoms with van der Waals surface area (Å²) in [7, 11) is 1.86. The smallest absolute Gasteiger partial charge is 0.190 e. The third-order valence-electron chi connectivity index (χ3n) is 4.78. The minimum absolute atomic E-state index is 0. The highest BCUT2D eigenvalue weighted by Crippen LogP contribution is 2.16. The average molecular weight is 490 g/mol. The van der Waals surface area contributed by atoms with E-state index in [1.54, 1.807) is 0 Å². The number of guanidine groups is 1. The lowest BCUT2D eigenvalue weighted by atomic mass is 10.1. The normalized spacial score (nSPS) is 17.8. The minimum atomic E-state index is 0. The molecule has 1 heterocycles. The molecule has 0 saturated carbocycles. The van der Waals surface area contributed by atoms with E-state index in [4.69, 9.17) is 0 Å². The fourth-order valence-corrected chi connectivity index (χ4v) is 3.75. The molecule has 1 aliphatic heterocycles. The summed E-state index contributed by atoms with van der Waals surface area (Å²) < 4.78 is 0. The molecule has 4 nitrogen and oxygen atoms in total. The van der Waals surface area contributed by atoms with Crippen LogP contribution in [0.15, 0.2) is 35.3 Å². The zero-order valence-corrected chi connectivity index (χ0v) is 19.4. The van der Waals surface area contributed by atoms with Gasteiger partial charge in [-0.05, 0) is 55.7 Å². The standard InChI is InChI=1S/C20H34N4S.HI/c1-21-20(22-12-6-7-15-25-2)23-16-19-11-14-24(17-19)13-10-18-8-4-3-5-9-18;/h3-5,8-9,19H,6-7,10-17H2,1-2H3,(H2,21,22,23);1H. The first-order chi connectivity index (χ1) is 12.3. The molecule has 26 heavy (non-hydrogen) atoms. The third-order valence-corrected chi connectivity index (χ3v) is 5.48. The van der Waals surface area contributed by atoms with Crippen molar-refractivity contribution in [1.29, 1.82) is 0 Å². The van der Waals surface area contributed by atoms with Gasteiger partial charge >= 0.3 is 0 Å². The maximum Gasteiger partial charge on any atom is 0.190 e. The number of thioether (sulfide) groups is 1. The molecule has 1 unspecified atom stereocenters. The molecule has 1 aliphatic rings. The SMILES string of the molecule is CN=C(NCCCCSC)NCC1CCN(CCc2ccccc2)C1.I. The molecule has 1 atom stereocenters. The summed E-state index contributed by atoms with van der Waals surface area (Å²) in [5.74, 6) is 2.92. The van der Waals surface area contributed by atoms with E-state index in [2.05, 4.69) is 57.1 Å². The molecule has 6 heteroatoms. The van der Waals surface area contributed by atoms with E-state index >= 15 is 0 Å². The van der Waals surface area contributed by atoms with Gasteiger partial charge in [0.1, 0.15) is 0 Å². The Hall–Kier alpha value is -0.470. The van der Waals surface area contributed by atoms with Gasteiger partial charge in [0.05, 0.1) is 0 Å². The van der Waals surface area contributed by atoms with Crippen molar-refractivity contribution in [3.05, 3.63) is 35.9 Å². The van der Waals surface area contributed by atoms with Crippen molar-refractivity contribution in [1.82, 2.24) is 15.5 Å². The lowest BCUT2D eigenvalue weighted by Gasteiger charge is -2.17. The van der Waals surface area contributed by atoms with Crippen LogP contribution in [-0.2, 0) is 6.42 Å². The fraction of sp³-hybridized carbons (Fsp3) is 0.650. The van der Waals surface area contributed by atoms with E-state index in [-0.39, 0.29) is 24.0 Å². The predicted octanol–water partition coefficient (Wildman–Crippen LogP) is 3.48. The van der Waals surface area contributed by atoms with Crippen molar-refractivity contribution >= 4 is 41.7 Å². The number of hydrogen-bond donors (Lipinski definition) is 2. The van der Waals surface area contributed by atoms with Crippen LogP contribution in [-0.4, -0.2) is 62.6 Å². The molecule has 0 spiro atoms. The molecule has 1 fully saturated rings. The first-order valence-electron chi connectivity index (χ1n) is 9.51. The fourth-order valence-electron chi connectivity index (χ4n) is 3.25. The molecule has 0 aromatic heterocycles. The van der Waals surface area contributed by atoms with Crippen LogP contribution in [0, 0.1) is 5.92 Å². The highest BCUT2D eigenvalue weighted by Gasteiger charge is 2.22. The highest BCUT2D eigenvalue weighted by molar-refractivity contribution is 14.0. The summed E-state index contributed by atoms with van der Waals surface area (Å²) in [5, 5.41) is 6.93. The van der Waals surface area contributed by atoms with Gasteiger partial charge in [-0.2, -0.15) is 11.8 Å². The van der Waals surface area contributed by atoms with Gasteiger partial charge in [-0.3, -0.25) is 4.99 Å². The number of aliphatic imine (C=N–C) groups is 1. The topological polar surface area (TPSA) is 39.7 Å². The molecular formula is C20H35IN4S. The number of hydrogen-bond acceptors (Lipinski definition) is 3. The Balaban J connectivity index is 0.00000338. The largest absolute Gasteiger partial charge is 0.356 e. The van der Waals surface area contributed by atoms with Crippen molar-refractivity contribution in [2.45, 2.75) is 25.7 Å². The summed E-state index contributed by atoms with van der Waals surface area (Å²) in [6.45, 7) is 5.62. The Morgan fingerprint density at radius 2 is 2.04 bits per heavy atom. The molecular weight excluding hydrogens is 455 g/mol. The number of likely N-dealkylation sites (tertiary alicyclic amines) is 1. The number of unbranched alkanes of at least 4 members (excludes halogenated alkanes) is 1. The predicted molar refractivity (Wildman–Crippen MR) is 127 cm³/mol. The van der Waals surface area contributed by atoms with E-state index < -0.39 is 0 Å². The lowest BCUT2D eigenvalue weighted by molar-refractivity contribution is 0.328. The van der Waals surface area contributed by atoms with Gasteiger partial charge in [0, 0.05) is 33.2 Å². The molecule has 1 saturated heterocycles. The summed E-state index contributed by atoms with van der Waals surface area (Å²) in [5.41, 5.74) is 1.44. The second-order valence-electron chi connectivity index (χ2n) is 6.77. The Kier molecular flexibility index (Phi) is 13.2. The summed E-state index contributed by atoms with van der Waals surface area (Å²) in [6, 6.07) is 10.8. The van der Waals surface area contributed by atoms with Crippen molar-refractivity contribution < 1.29 is 0 Å². The van der Waals surface area contributed by atoms with Crippen molar-refractivity contribution in [2.24, 2.45) is 10.9 Å². The molecule has 0 aliphatic carbocycles. The molecule has 0 bridgehead atoms. The van der Waals surface area contributed by atoms with E-state index in [0.717, 1.165) is 31.4 Å². The van der Waals surface area contributed by atoms with Gasteiger partial charge in [0.25, 0.3) is 0 Å². The van der Waals surface area contributed by atoms with Gasteiger partial charge in [-0.15, -0.1) is 24.0 Å². The number of halogens is 1. The third kappa shape index (κ3) is 9.46. The van der Waals surface area contributed by atoms with Crippen LogP contribution in [0.2, 0.25) is 0 Å². The Morgan fingerprint density at radius 3 is 2.77 bits per heavy atom. The van der Waals surface area contributed by atoms with Gasteiger partial charge in [0.2, 0.25) is 0 Å². The van der Waals surface area contributed by atoms with Gasteiger partial charge in [0.15, 0.2) is 5.96 Å². The lowest BCUT2D eigenvalue weighted by Crippen LogP contribution is -2.40. The van der Waals surface area contributed by atoms with Crippen molar-refractivity contribution in [3.8, 4) is 0 Å². The molecule has 0 radical (unpaired) electrons. The van der Waals surface area contributed by atoms with Gasteiger partial charge < -0.3 is 15.5 Å². The van der Waals surface area contributed by atoms with Crippen LogP contribution >= 0.6 is 35.7 Å². The van der Waals surface area contributed by atoms with Crippen molar-refractivity contribution in [2.75, 3.05) is 51.8 Å². The van der Waals surface area contributed by atoms with Crippen LogP contribution in [0.3, 0.4) is 0 Å². The monoisotopic (exact) mass is 490 g/mol. The first-order valence-corrected chi connectivity index (χ1v) is 10.9. The van der Waals surface area contributed by atoms with Crippen LogP contribution in [0.5, 0.6) is 0 Å². The molecule has 0 amide bonds. The number of benzene rings is 1. The minimum Gasteiger partial charge on any atom is -0.356 e. The quantitative estimate of drug-likeness (QED) is 0.228. The molecule has 2 rings (SSSR count). The average Bonchev–Trinajstić information content (AvgIpc) is 3.11. The summed E-state index contributed by atoms with van der Waals surface area (Å²) >= 11 is 1.92. The molecule has 1 aromatic rings. The Morgan fingerprint density at radius 1 is 1.23 bits per heavy atom. The van der Waals surface area contributed by atoms with Gasteiger partial charge in [-0.1, -0.05) is 30.3 Å². The highest BCUT2D eigenvalue weighted by atomic mass is 127. The zero-order chi connectivity index (χ0) is 17.7. The van der Waals surface area contributed by atoms with E-state index in [1.807, 2.05) is 18.8 Å². The van der Waals surface area contributed by atoms with Crippen LogP contribution in [0.4, 0.5) is 0 Å². The number of rotatable bonds is 10. The zero-order valence-electron chi connectivity index (χ0n) is 16.2. The molecule has 1 aromatic carbocycles. The second kappa shape index (κ2) is 14.6. The molecule has 2 N–H and O–H groups in total. The van der Waals surface area contributed by atoms with E-state index in [0.29, 0.717) is 0 Å². The number of nitrogens with zero attached hydrogens (tertiary/aromatic N) is 2. The molecule has 148 valence electrons.